The highest BCUT2D eigenvalue weighted by atomic mass is 16.9. The van der Waals surface area contributed by atoms with E-state index >= 15 is 0 Å². The second-order valence-corrected chi connectivity index (χ2v) is 34.3. The fraction of sp³-hybridized carbons (Fsp3) is 1.00. The lowest BCUT2D eigenvalue weighted by atomic mass is 9.99. The van der Waals surface area contributed by atoms with Crippen molar-refractivity contribution in [3.8, 4) is 0 Å². The lowest BCUT2D eigenvalue weighted by molar-refractivity contribution is -0.407. The van der Waals surface area contributed by atoms with E-state index in [0.717, 1.165) is 6.92 Å². The number of hydrogen-bond donors (Lipinski definition) is 37. The van der Waals surface area contributed by atoms with Crippen LogP contribution >= 0.6 is 0 Å². The molecule has 0 radical (unpaired) electrons. The molecule has 49 unspecified atom stereocenters. The van der Waals surface area contributed by atoms with Crippen LogP contribution in [0.4, 0.5) is 0 Å². The second kappa shape index (κ2) is 42.3. The first-order valence-electron chi connectivity index (χ1n) is 41.7. The Balaban J connectivity index is 0.833. The van der Waals surface area contributed by atoms with Crippen molar-refractivity contribution in [2.45, 2.75) is 303 Å². The molecule has 37 N–H and O–H groups in total. The van der Waals surface area contributed by atoms with Gasteiger partial charge in [0, 0.05) is 0 Å². The van der Waals surface area contributed by atoms with Crippen molar-refractivity contribution in [2.75, 3.05) is 145 Å². The lowest BCUT2D eigenvalue weighted by Crippen LogP contribution is -2.64. The standard InChI is InChI=1S/C72H122O60/c1-24-36(85)50(99)63(121-24,111-16-65(53(102)40(89)28(5-76)124-65)118-22-71(59(108)46(95)34(11-82)130-71)119-23-72(60(109)47(96)35(12-83)131-72)132-61-49(98)48(97)37(86)25(2-73)120-61)14-112-66(54(103)41(90)29(6-77)125-66)17-114-68(56(105)43(92)31(8-79)127-68)19-116-70(58(107)45(94)33(10-81)129-70)21-117-69(57(106)44(93)32(9-80)128-69)20-115-67(55(104)42(91)30(7-78)126-67)18-113-64(52(101)39(88)27(4-75)123-64)15-110-62(13-84)51(100)38(87)26(3-74)122-62/h24-61,73-109H,2-23H2,1H3. The summed E-state index contributed by atoms with van der Waals surface area (Å²) in [6, 6.07) is 0. The number of ether oxygens (including phenoxy) is 23. The summed E-state index contributed by atoms with van der Waals surface area (Å²) in [5, 5.41) is 412. The summed E-state index contributed by atoms with van der Waals surface area (Å²) in [5.41, 5.74) is 0. The van der Waals surface area contributed by atoms with E-state index in [0.29, 0.717) is 0 Å². The molecule has 0 saturated carbocycles. The second-order valence-electron chi connectivity index (χ2n) is 34.3. The molecule has 0 bridgehead atoms. The Labute approximate surface area is 744 Å². The lowest BCUT2D eigenvalue weighted by Gasteiger charge is -2.45. The van der Waals surface area contributed by atoms with E-state index in [1.807, 2.05) is 0 Å². The van der Waals surface area contributed by atoms with Crippen molar-refractivity contribution in [3.63, 3.8) is 0 Å². The van der Waals surface area contributed by atoms with Crippen LogP contribution in [0.1, 0.15) is 6.92 Å². The molecule has 132 heavy (non-hydrogen) atoms. The van der Waals surface area contributed by atoms with Gasteiger partial charge in [0.2, 0.25) is 63.7 Å². The predicted octanol–water partition coefficient (Wildman–Crippen LogP) is -26.1. The summed E-state index contributed by atoms with van der Waals surface area (Å²) in [5.74, 6) is -34.2. The van der Waals surface area contributed by atoms with Gasteiger partial charge >= 0.3 is 0 Å². The molecule has 0 spiro atoms. The highest BCUT2D eigenvalue weighted by molar-refractivity contribution is 5.11. The Hall–Kier alpha value is -2.40. The van der Waals surface area contributed by atoms with Gasteiger partial charge in [-0.15, -0.1) is 0 Å². The van der Waals surface area contributed by atoms with Gasteiger partial charge in [-0.1, -0.05) is 0 Å². The Bertz CT molecular complexity index is 3650. The maximum atomic E-state index is 12.2. The molecule has 0 aromatic heterocycles. The molecular formula is C72H122O60. The van der Waals surface area contributed by atoms with Crippen LogP contribution in [0.2, 0.25) is 0 Å². The number of aliphatic hydroxyl groups excluding tert-OH is 37. The highest BCUT2D eigenvalue weighted by Gasteiger charge is 2.72. The summed E-state index contributed by atoms with van der Waals surface area (Å²) >= 11 is 0. The minimum Gasteiger partial charge on any atom is -0.394 e. The van der Waals surface area contributed by atoms with Crippen LogP contribution in [0.25, 0.3) is 0 Å². The molecule has 12 aliphatic heterocycles. The third kappa shape index (κ3) is 19.2. The van der Waals surface area contributed by atoms with E-state index in [-0.39, 0.29) is 0 Å². The average molecular weight is 1950 g/mol. The van der Waals surface area contributed by atoms with E-state index in [2.05, 4.69) is 0 Å². The maximum Gasteiger partial charge on any atom is 0.224 e. The van der Waals surface area contributed by atoms with Crippen LogP contribution in [-0.4, -0.2) is 630 Å². The van der Waals surface area contributed by atoms with Crippen molar-refractivity contribution in [2.24, 2.45) is 0 Å². The van der Waals surface area contributed by atoms with Gasteiger partial charge in [0.25, 0.3) is 0 Å². The summed E-state index contributed by atoms with van der Waals surface area (Å²) in [4.78, 5) is 0. The molecule has 49 atom stereocenters. The number of hydrogen-bond acceptors (Lipinski definition) is 60. The first-order chi connectivity index (χ1) is 62.2. The van der Waals surface area contributed by atoms with Gasteiger partial charge in [0.15, 0.2) is 6.29 Å². The van der Waals surface area contributed by atoms with E-state index < -0.39 is 441 Å². The molecule has 0 amide bonds. The zero-order valence-electron chi connectivity index (χ0n) is 69.9. The monoisotopic (exact) mass is 1950 g/mol. The quantitative estimate of drug-likeness (QED) is 0.0269. The topological polar surface area (TPSA) is 961 Å². The molecule has 12 heterocycles. The van der Waals surface area contributed by atoms with E-state index in [9.17, 15) is 189 Å². The Kier molecular flexibility index (Phi) is 34.7. The molecule has 12 saturated heterocycles. The number of rotatable bonds is 44. The normalized spacial score (nSPS) is 53.1. The first-order valence-corrected chi connectivity index (χ1v) is 41.7. The molecular weight excluding hydrogens is 1820 g/mol. The van der Waals surface area contributed by atoms with Crippen LogP contribution in [0.15, 0.2) is 0 Å². The van der Waals surface area contributed by atoms with Crippen LogP contribution in [-0.2, 0) is 109 Å². The van der Waals surface area contributed by atoms with Crippen molar-refractivity contribution in [3.05, 3.63) is 0 Å². The Morgan fingerprint density at radius 2 is 0.333 bits per heavy atom. The first kappa shape index (κ1) is 108. The molecule has 0 aromatic rings. The van der Waals surface area contributed by atoms with Crippen LogP contribution in [0, 0.1) is 0 Å². The highest BCUT2D eigenvalue weighted by Crippen LogP contribution is 2.50. The van der Waals surface area contributed by atoms with Crippen LogP contribution < -0.4 is 0 Å². The van der Waals surface area contributed by atoms with Gasteiger partial charge < -0.3 is 298 Å². The fourth-order valence-electron chi connectivity index (χ4n) is 17.7. The van der Waals surface area contributed by atoms with Gasteiger partial charge in [-0.05, 0) is 6.92 Å². The smallest absolute Gasteiger partial charge is 0.224 e. The SMILES string of the molecule is CC1OC(COC2(COC3(COC4(COC5(COC6(COC7(COC8(CO)OC(CO)C(O)C8O)OC(CO)C(O)C7O)OC(CO)C(O)C6O)OC(CO)C(O)C5O)OC(CO)C(O)C4O)OC(CO)C(O)C3O)OC(CO)C(O)C2O)(OCC2(OCC3(OCC4(OC5OC(CO)C(O)C(O)C5O)OC(CO)C(O)C4O)OC(CO)C(O)C3O)OC(CO)C(O)C2O)C(O)C1O. The molecule has 770 valence electrons. The fourth-order valence-corrected chi connectivity index (χ4v) is 17.7. The third-order valence-electron chi connectivity index (χ3n) is 26.1. The minimum absolute atomic E-state index is 0.981. The van der Waals surface area contributed by atoms with E-state index in [1.165, 1.54) is 0 Å². The Morgan fingerprint density at radius 3 is 0.515 bits per heavy atom. The molecule has 60 nitrogen and oxygen atoms in total. The van der Waals surface area contributed by atoms with Gasteiger partial charge in [-0.3, -0.25) is 0 Å². The van der Waals surface area contributed by atoms with Gasteiger partial charge in [-0.2, -0.15) is 0 Å². The van der Waals surface area contributed by atoms with Crippen LogP contribution in [0.5, 0.6) is 0 Å². The molecule has 12 fully saturated rings. The molecule has 0 aromatic carbocycles. The average Bonchev–Trinajstić information content (AvgIpc) is 1.59. The van der Waals surface area contributed by atoms with Crippen molar-refractivity contribution in [1.29, 1.82) is 0 Å². The zero-order chi connectivity index (χ0) is 97.3. The minimum atomic E-state index is -3.26. The maximum absolute atomic E-state index is 12.2. The molecule has 60 heteroatoms. The van der Waals surface area contributed by atoms with E-state index in [1.54, 1.807) is 0 Å². The van der Waals surface area contributed by atoms with Crippen molar-refractivity contribution < 1.29 is 298 Å². The molecule has 12 rings (SSSR count). The van der Waals surface area contributed by atoms with Crippen molar-refractivity contribution in [1.82, 2.24) is 0 Å². The summed E-state index contributed by atoms with van der Waals surface area (Å²) in [7, 11) is 0. The van der Waals surface area contributed by atoms with Gasteiger partial charge in [-0.25, -0.2) is 0 Å². The summed E-state index contributed by atoms with van der Waals surface area (Å²) < 4.78 is 136. The summed E-state index contributed by atoms with van der Waals surface area (Å²) in [6.45, 7) is -28.5. The van der Waals surface area contributed by atoms with Crippen molar-refractivity contribution >= 4 is 0 Å². The number of aliphatic hydroxyl groups is 37. The Morgan fingerprint density at radius 1 is 0.174 bits per heavy atom. The molecule has 12 aliphatic rings. The van der Waals surface area contributed by atoms with Crippen LogP contribution in [0.3, 0.4) is 0 Å². The largest absolute Gasteiger partial charge is 0.394 e. The third-order valence-corrected chi connectivity index (χ3v) is 26.1. The van der Waals surface area contributed by atoms with Gasteiger partial charge in [0.05, 0.1) is 78.8 Å². The molecule has 0 aliphatic carbocycles. The predicted molar refractivity (Wildman–Crippen MR) is 394 cm³/mol. The van der Waals surface area contributed by atoms with E-state index in [4.69, 9.17) is 109 Å². The zero-order valence-corrected chi connectivity index (χ0v) is 69.9. The summed E-state index contributed by atoms with van der Waals surface area (Å²) in [6.07, 6.45) is -83.6. The van der Waals surface area contributed by atoms with Gasteiger partial charge in [0.1, 0.15) is 292 Å².